The standard InChI is InChI=1S/C15H13ClF2N2O2/c1-8(14(21)9-2-3-12(17)13(18)6-9)20-15(22)10-4-5-19-7-11(10)16/h2-8,14,21H,1H3,(H,20,22). The van der Waals surface area contributed by atoms with E-state index in [0.717, 1.165) is 12.1 Å². The molecule has 0 bridgehead atoms. The van der Waals surface area contributed by atoms with Crippen LogP contribution in [0.25, 0.3) is 0 Å². The second-order valence-electron chi connectivity index (χ2n) is 4.74. The molecule has 1 amide bonds. The lowest BCUT2D eigenvalue weighted by Crippen LogP contribution is -2.37. The molecular weight excluding hydrogens is 314 g/mol. The molecule has 1 heterocycles. The van der Waals surface area contributed by atoms with Gasteiger partial charge >= 0.3 is 0 Å². The SMILES string of the molecule is CC(NC(=O)c1ccncc1Cl)C(O)c1ccc(F)c(F)c1. The van der Waals surface area contributed by atoms with Gasteiger partial charge in [0.2, 0.25) is 0 Å². The number of aliphatic hydroxyl groups is 1. The molecule has 0 saturated carbocycles. The molecule has 1 aromatic heterocycles. The summed E-state index contributed by atoms with van der Waals surface area (Å²) in [6.07, 6.45) is 1.55. The summed E-state index contributed by atoms with van der Waals surface area (Å²) < 4.78 is 26.1. The van der Waals surface area contributed by atoms with Crippen molar-refractivity contribution in [3.63, 3.8) is 0 Å². The fraction of sp³-hybridized carbons (Fsp3) is 0.200. The van der Waals surface area contributed by atoms with Crippen molar-refractivity contribution < 1.29 is 18.7 Å². The Bertz CT molecular complexity index is 697. The number of pyridine rings is 1. The molecule has 0 saturated heterocycles. The highest BCUT2D eigenvalue weighted by Gasteiger charge is 2.21. The third-order valence-electron chi connectivity index (χ3n) is 3.13. The molecule has 0 fully saturated rings. The molecule has 0 aliphatic heterocycles. The van der Waals surface area contributed by atoms with Crippen molar-refractivity contribution in [3.05, 3.63) is 64.4 Å². The number of nitrogens with zero attached hydrogens (tertiary/aromatic N) is 1. The molecule has 0 aliphatic rings. The molecule has 0 aliphatic carbocycles. The summed E-state index contributed by atoms with van der Waals surface area (Å²) in [4.78, 5) is 15.8. The van der Waals surface area contributed by atoms with E-state index >= 15 is 0 Å². The number of hydrogen-bond acceptors (Lipinski definition) is 3. The van der Waals surface area contributed by atoms with Crippen LogP contribution in [0, 0.1) is 11.6 Å². The van der Waals surface area contributed by atoms with Crippen molar-refractivity contribution in [2.75, 3.05) is 0 Å². The number of hydrogen-bond donors (Lipinski definition) is 2. The molecule has 0 spiro atoms. The smallest absolute Gasteiger partial charge is 0.253 e. The van der Waals surface area contributed by atoms with E-state index in [1.54, 1.807) is 6.92 Å². The van der Waals surface area contributed by atoms with Crippen LogP contribution >= 0.6 is 11.6 Å². The minimum atomic E-state index is -1.19. The van der Waals surface area contributed by atoms with Crippen LogP contribution in [0.3, 0.4) is 0 Å². The van der Waals surface area contributed by atoms with Crippen molar-refractivity contribution in [2.24, 2.45) is 0 Å². The summed E-state index contributed by atoms with van der Waals surface area (Å²) in [5.41, 5.74) is 0.369. The lowest BCUT2D eigenvalue weighted by Gasteiger charge is -2.21. The van der Waals surface area contributed by atoms with Gasteiger partial charge in [-0.2, -0.15) is 0 Å². The Morgan fingerprint density at radius 2 is 2.05 bits per heavy atom. The minimum Gasteiger partial charge on any atom is -0.386 e. The number of amides is 1. The summed E-state index contributed by atoms with van der Waals surface area (Å²) in [5.74, 6) is -2.56. The fourth-order valence-corrected chi connectivity index (χ4v) is 2.11. The first-order valence-corrected chi connectivity index (χ1v) is 6.81. The van der Waals surface area contributed by atoms with Crippen LogP contribution in [0.5, 0.6) is 0 Å². The van der Waals surface area contributed by atoms with E-state index < -0.39 is 29.7 Å². The van der Waals surface area contributed by atoms with Gasteiger partial charge in [0.1, 0.15) is 0 Å². The lowest BCUT2D eigenvalue weighted by atomic mass is 10.0. The summed E-state index contributed by atoms with van der Waals surface area (Å²) in [6.45, 7) is 1.54. The van der Waals surface area contributed by atoms with Crippen LogP contribution < -0.4 is 5.32 Å². The Balaban J connectivity index is 2.11. The van der Waals surface area contributed by atoms with Gasteiger partial charge in [-0.3, -0.25) is 9.78 Å². The first kappa shape index (κ1) is 16.3. The van der Waals surface area contributed by atoms with Gasteiger partial charge in [-0.15, -0.1) is 0 Å². The Hall–Kier alpha value is -2.05. The summed E-state index contributed by atoms with van der Waals surface area (Å²) in [5, 5.41) is 12.8. The Morgan fingerprint density at radius 1 is 1.32 bits per heavy atom. The molecule has 0 radical (unpaired) electrons. The minimum absolute atomic E-state index is 0.160. The predicted molar refractivity (Wildman–Crippen MR) is 77.5 cm³/mol. The number of carbonyl (C=O) groups is 1. The largest absolute Gasteiger partial charge is 0.386 e. The fourth-order valence-electron chi connectivity index (χ4n) is 1.91. The summed E-state index contributed by atoms with van der Waals surface area (Å²) in [6, 6.07) is 3.77. The maximum absolute atomic E-state index is 13.2. The maximum atomic E-state index is 13.2. The third kappa shape index (κ3) is 3.58. The van der Waals surface area contributed by atoms with Gasteiger partial charge in [-0.25, -0.2) is 8.78 Å². The van der Waals surface area contributed by atoms with Crippen LogP contribution in [0.2, 0.25) is 5.02 Å². The quantitative estimate of drug-likeness (QED) is 0.908. The third-order valence-corrected chi connectivity index (χ3v) is 3.44. The number of benzene rings is 1. The van der Waals surface area contributed by atoms with E-state index in [1.807, 2.05) is 0 Å². The molecule has 2 rings (SSSR count). The number of carbonyl (C=O) groups excluding carboxylic acids is 1. The number of aromatic nitrogens is 1. The molecule has 22 heavy (non-hydrogen) atoms. The Kier molecular flexibility index (Phi) is 5.05. The monoisotopic (exact) mass is 326 g/mol. The van der Waals surface area contributed by atoms with Gasteiger partial charge in [0, 0.05) is 12.4 Å². The summed E-state index contributed by atoms with van der Waals surface area (Å²) in [7, 11) is 0. The number of aliphatic hydroxyl groups excluding tert-OH is 1. The van der Waals surface area contributed by atoms with Gasteiger partial charge < -0.3 is 10.4 Å². The maximum Gasteiger partial charge on any atom is 0.253 e. The van der Waals surface area contributed by atoms with Gasteiger partial charge in [-0.05, 0) is 30.7 Å². The molecule has 7 heteroatoms. The highest BCUT2D eigenvalue weighted by Crippen LogP contribution is 2.20. The predicted octanol–water partition coefficient (Wildman–Crippen LogP) is 2.87. The van der Waals surface area contributed by atoms with Crippen LogP contribution in [0.4, 0.5) is 8.78 Å². The topological polar surface area (TPSA) is 62.2 Å². The normalized spacial score (nSPS) is 13.5. The molecule has 2 N–H and O–H groups in total. The van der Waals surface area contributed by atoms with Crippen LogP contribution in [-0.4, -0.2) is 22.0 Å². The second kappa shape index (κ2) is 6.81. The van der Waals surface area contributed by atoms with Crippen LogP contribution in [-0.2, 0) is 0 Å². The zero-order valence-electron chi connectivity index (χ0n) is 11.6. The molecular formula is C15H13ClF2N2O2. The average Bonchev–Trinajstić information content (AvgIpc) is 2.49. The average molecular weight is 327 g/mol. The lowest BCUT2D eigenvalue weighted by molar-refractivity contribution is 0.0851. The highest BCUT2D eigenvalue weighted by molar-refractivity contribution is 6.33. The Labute approximate surface area is 130 Å². The molecule has 2 aromatic rings. The van der Waals surface area contributed by atoms with Crippen molar-refractivity contribution in [2.45, 2.75) is 19.1 Å². The second-order valence-corrected chi connectivity index (χ2v) is 5.14. The van der Waals surface area contributed by atoms with Crippen LogP contribution in [0.15, 0.2) is 36.7 Å². The molecule has 4 nitrogen and oxygen atoms in total. The summed E-state index contributed by atoms with van der Waals surface area (Å²) >= 11 is 5.86. The van der Waals surface area contributed by atoms with Crippen molar-refractivity contribution in [3.8, 4) is 0 Å². The van der Waals surface area contributed by atoms with Gasteiger partial charge in [0.05, 0.1) is 22.7 Å². The van der Waals surface area contributed by atoms with Crippen molar-refractivity contribution in [1.29, 1.82) is 0 Å². The van der Waals surface area contributed by atoms with E-state index in [1.165, 1.54) is 24.5 Å². The molecule has 1 aromatic carbocycles. The first-order chi connectivity index (χ1) is 10.4. The molecule has 116 valence electrons. The number of nitrogens with one attached hydrogen (secondary N) is 1. The zero-order valence-corrected chi connectivity index (χ0v) is 12.3. The zero-order chi connectivity index (χ0) is 16.3. The van der Waals surface area contributed by atoms with Crippen molar-refractivity contribution in [1.82, 2.24) is 10.3 Å². The van der Waals surface area contributed by atoms with Gasteiger partial charge in [0.25, 0.3) is 5.91 Å². The Morgan fingerprint density at radius 3 is 2.68 bits per heavy atom. The molecule has 2 atom stereocenters. The van der Waals surface area contributed by atoms with E-state index in [2.05, 4.69) is 10.3 Å². The van der Waals surface area contributed by atoms with Crippen LogP contribution in [0.1, 0.15) is 28.9 Å². The molecule has 2 unspecified atom stereocenters. The van der Waals surface area contributed by atoms with Crippen molar-refractivity contribution >= 4 is 17.5 Å². The number of rotatable bonds is 4. The first-order valence-electron chi connectivity index (χ1n) is 6.43. The van der Waals surface area contributed by atoms with E-state index in [0.29, 0.717) is 0 Å². The number of halogens is 3. The van der Waals surface area contributed by atoms with Gasteiger partial charge in [0.15, 0.2) is 11.6 Å². The van der Waals surface area contributed by atoms with E-state index in [9.17, 15) is 18.7 Å². The highest BCUT2D eigenvalue weighted by atomic mass is 35.5. The van der Waals surface area contributed by atoms with Gasteiger partial charge in [-0.1, -0.05) is 17.7 Å². The van der Waals surface area contributed by atoms with E-state index in [4.69, 9.17) is 11.6 Å². The van der Waals surface area contributed by atoms with E-state index in [-0.39, 0.29) is 16.1 Å².